The van der Waals surface area contributed by atoms with Gasteiger partial charge in [0.05, 0.1) is 17.4 Å². The molecule has 0 aliphatic carbocycles. The number of ether oxygens (including phenoxy) is 1. The van der Waals surface area contributed by atoms with Crippen molar-refractivity contribution < 1.29 is 4.74 Å². The first kappa shape index (κ1) is 14.8. The minimum atomic E-state index is 0.427. The zero-order chi connectivity index (χ0) is 15.0. The van der Waals surface area contributed by atoms with Crippen molar-refractivity contribution >= 4 is 49.8 Å². The zero-order valence-corrected chi connectivity index (χ0v) is 14.6. The van der Waals surface area contributed by atoms with E-state index in [2.05, 4.69) is 38.9 Å². The molecule has 3 aromatic rings. The molecule has 0 bridgehead atoms. The molecule has 0 amide bonds. The third-order valence-electron chi connectivity index (χ3n) is 3.27. The Morgan fingerprint density at radius 1 is 1.29 bits per heavy atom. The number of nitrogens with zero attached hydrogens (tertiary/aromatic N) is 2. The number of rotatable bonds is 3. The third kappa shape index (κ3) is 2.54. The molecule has 0 N–H and O–H groups in total. The van der Waals surface area contributed by atoms with Crippen molar-refractivity contribution in [2.45, 2.75) is 13.3 Å². The summed E-state index contributed by atoms with van der Waals surface area (Å²) in [4.78, 5) is 10.2. The molecule has 0 aliphatic heterocycles. The van der Waals surface area contributed by atoms with Gasteiger partial charge in [-0.1, -0.05) is 18.5 Å². The fourth-order valence-electron chi connectivity index (χ4n) is 2.21. The summed E-state index contributed by atoms with van der Waals surface area (Å²) in [6.45, 7) is 2.12. The molecule has 2 heterocycles. The van der Waals surface area contributed by atoms with Crippen molar-refractivity contribution in [2.24, 2.45) is 0 Å². The van der Waals surface area contributed by atoms with Crippen LogP contribution in [0, 0.1) is 0 Å². The van der Waals surface area contributed by atoms with Gasteiger partial charge in [0.15, 0.2) is 5.82 Å². The average molecular weight is 384 g/mol. The molecule has 0 spiro atoms. The number of aromatic nitrogens is 2. The Balaban J connectivity index is 2.32. The van der Waals surface area contributed by atoms with Crippen LogP contribution in [0.1, 0.15) is 12.5 Å². The standard InChI is InChI=1S/C15H12BrClN2OS/c1-3-8-6-7-21-13(8)15-18-12-10(20-2)5-4-9(16)11(12)14(17)19-15/h4-7H,3H2,1-2H3. The van der Waals surface area contributed by atoms with Crippen LogP contribution in [0.4, 0.5) is 0 Å². The Morgan fingerprint density at radius 3 is 2.81 bits per heavy atom. The molecule has 21 heavy (non-hydrogen) atoms. The van der Waals surface area contributed by atoms with Crippen LogP contribution in [-0.4, -0.2) is 17.1 Å². The second-order valence-electron chi connectivity index (χ2n) is 4.44. The lowest BCUT2D eigenvalue weighted by molar-refractivity contribution is 0.419. The molecule has 0 aliphatic rings. The number of hydrogen-bond donors (Lipinski definition) is 0. The molecule has 6 heteroatoms. The van der Waals surface area contributed by atoms with Gasteiger partial charge in [0.2, 0.25) is 0 Å². The van der Waals surface area contributed by atoms with Crippen LogP contribution in [0.5, 0.6) is 5.75 Å². The second kappa shape index (κ2) is 5.91. The van der Waals surface area contributed by atoms with E-state index >= 15 is 0 Å². The summed E-state index contributed by atoms with van der Waals surface area (Å²) in [5.74, 6) is 1.34. The Morgan fingerprint density at radius 2 is 2.10 bits per heavy atom. The predicted octanol–water partition coefficient (Wildman–Crippen LogP) is 5.35. The Bertz CT molecular complexity index is 819. The number of benzene rings is 1. The molecule has 2 aromatic heterocycles. The molecule has 3 nitrogen and oxygen atoms in total. The van der Waals surface area contributed by atoms with E-state index in [0.717, 1.165) is 26.7 Å². The molecule has 0 unspecified atom stereocenters. The average Bonchev–Trinajstić information content (AvgIpc) is 2.95. The van der Waals surface area contributed by atoms with Gasteiger partial charge in [-0.25, -0.2) is 9.97 Å². The van der Waals surface area contributed by atoms with E-state index in [1.807, 2.05) is 17.5 Å². The van der Waals surface area contributed by atoms with Crippen LogP contribution in [0.2, 0.25) is 5.15 Å². The second-order valence-corrected chi connectivity index (χ2v) is 6.57. The van der Waals surface area contributed by atoms with E-state index in [4.69, 9.17) is 16.3 Å². The van der Waals surface area contributed by atoms with Gasteiger partial charge in [-0.3, -0.25) is 0 Å². The van der Waals surface area contributed by atoms with Crippen molar-refractivity contribution in [3.8, 4) is 16.5 Å². The Hall–Kier alpha value is -1.17. The van der Waals surface area contributed by atoms with Gasteiger partial charge >= 0.3 is 0 Å². The van der Waals surface area contributed by atoms with E-state index < -0.39 is 0 Å². The number of aryl methyl sites for hydroxylation is 1. The highest BCUT2D eigenvalue weighted by atomic mass is 79.9. The topological polar surface area (TPSA) is 35.0 Å². The molecular weight excluding hydrogens is 372 g/mol. The Kier molecular flexibility index (Phi) is 4.15. The first-order valence-electron chi connectivity index (χ1n) is 6.42. The SMILES string of the molecule is CCc1ccsc1-c1nc(Cl)c2c(Br)ccc(OC)c2n1. The third-order valence-corrected chi connectivity index (χ3v) is 5.16. The quantitative estimate of drug-likeness (QED) is 0.572. The van der Waals surface area contributed by atoms with Crippen LogP contribution in [0.25, 0.3) is 21.6 Å². The minimum absolute atomic E-state index is 0.427. The summed E-state index contributed by atoms with van der Waals surface area (Å²) in [6, 6.07) is 5.85. The fourth-order valence-corrected chi connectivity index (χ4v) is 4.03. The minimum Gasteiger partial charge on any atom is -0.494 e. The maximum Gasteiger partial charge on any atom is 0.171 e. The van der Waals surface area contributed by atoms with Gasteiger partial charge in [-0.05, 0) is 51.5 Å². The largest absolute Gasteiger partial charge is 0.494 e. The van der Waals surface area contributed by atoms with Crippen molar-refractivity contribution in [1.29, 1.82) is 0 Å². The van der Waals surface area contributed by atoms with Crippen LogP contribution >= 0.6 is 38.9 Å². The molecule has 0 saturated heterocycles. The smallest absolute Gasteiger partial charge is 0.171 e. The van der Waals surface area contributed by atoms with Crippen molar-refractivity contribution in [2.75, 3.05) is 7.11 Å². The van der Waals surface area contributed by atoms with Crippen molar-refractivity contribution in [3.63, 3.8) is 0 Å². The monoisotopic (exact) mass is 382 g/mol. The lowest BCUT2D eigenvalue weighted by Gasteiger charge is -2.09. The van der Waals surface area contributed by atoms with Crippen LogP contribution in [-0.2, 0) is 6.42 Å². The maximum atomic E-state index is 6.38. The zero-order valence-electron chi connectivity index (χ0n) is 11.5. The van der Waals surface area contributed by atoms with Gasteiger partial charge in [0, 0.05) is 4.47 Å². The molecule has 0 fully saturated rings. The summed E-state index contributed by atoms with van der Waals surface area (Å²) in [7, 11) is 1.63. The molecule has 108 valence electrons. The summed E-state index contributed by atoms with van der Waals surface area (Å²) in [5.41, 5.74) is 1.95. The molecule has 3 rings (SSSR count). The lowest BCUT2D eigenvalue weighted by Crippen LogP contribution is -1.95. The van der Waals surface area contributed by atoms with Gasteiger partial charge in [-0.15, -0.1) is 11.3 Å². The number of thiophene rings is 1. The van der Waals surface area contributed by atoms with E-state index in [-0.39, 0.29) is 0 Å². The summed E-state index contributed by atoms with van der Waals surface area (Å²) < 4.78 is 6.26. The van der Waals surface area contributed by atoms with Crippen molar-refractivity contribution in [3.05, 3.63) is 38.8 Å². The van der Waals surface area contributed by atoms with Crippen LogP contribution in [0.3, 0.4) is 0 Å². The van der Waals surface area contributed by atoms with Crippen LogP contribution in [0.15, 0.2) is 28.1 Å². The van der Waals surface area contributed by atoms with E-state index in [0.29, 0.717) is 16.7 Å². The van der Waals surface area contributed by atoms with E-state index in [1.54, 1.807) is 18.4 Å². The van der Waals surface area contributed by atoms with Gasteiger partial charge in [0.25, 0.3) is 0 Å². The predicted molar refractivity (Wildman–Crippen MR) is 91.5 cm³/mol. The maximum absolute atomic E-state index is 6.38. The summed E-state index contributed by atoms with van der Waals surface area (Å²) >= 11 is 11.5. The number of hydrogen-bond acceptors (Lipinski definition) is 4. The molecule has 0 saturated carbocycles. The van der Waals surface area contributed by atoms with Gasteiger partial charge < -0.3 is 4.74 Å². The summed E-state index contributed by atoms with van der Waals surface area (Å²) in [5, 5.41) is 3.25. The van der Waals surface area contributed by atoms with Crippen LogP contribution < -0.4 is 4.74 Å². The van der Waals surface area contributed by atoms with Gasteiger partial charge in [-0.2, -0.15) is 0 Å². The van der Waals surface area contributed by atoms with E-state index in [1.165, 1.54) is 5.56 Å². The molecular formula is C15H12BrClN2OS. The fraction of sp³-hybridized carbons (Fsp3) is 0.200. The number of fused-ring (bicyclic) bond motifs is 1. The highest BCUT2D eigenvalue weighted by molar-refractivity contribution is 9.10. The highest BCUT2D eigenvalue weighted by Gasteiger charge is 2.16. The molecule has 0 radical (unpaired) electrons. The first-order chi connectivity index (χ1) is 10.2. The summed E-state index contributed by atoms with van der Waals surface area (Å²) in [6.07, 6.45) is 0.938. The lowest BCUT2D eigenvalue weighted by atomic mass is 10.2. The van der Waals surface area contributed by atoms with Crippen molar-refractivity contribution in [1.82, 2.24) is 9.97 Å². The van der Waals surface area contributed by atoms with Gasteiger partial charge in [0.1, 0.15) is 16.4 Å². The van der Waals surface area contributed by atoms with E-state index in [9.17, 15) is 0 Å². The Labute approximate surface area is 140 Å². The first-order valence-corrected chi connectivity index (χ1v) is 8.47. The molecule has 1 aromatic carbocycles. The highest BCUT2D eigenvalue weighted by Crippen LogP contribution is 2.37. The number of halogens is 2. The molecule has 0 atom stereocenters. The number of methoxy groups -OCH3 is 1. The normalized spacial score (nSPS) is 11.0.